The minimum absolute atomic E-state index is 0.188. The summed E-state index contributed by atoms with van der Waals surface area (Å²) in [7, 11) is 4.00. The molecule has 76 valence electrons. The van der Waals surface area contributed by atoms with Crippen molar-refractivity contribution in [3.05, 3.63) is 0 Å². The second-order valence-electron chi connectivity index (χ2n) is 3.88. The molecular weight excluding hydrogens is 166 g/mol. The van der Waals surface area contributed by atoms with Crippen molar-refractivity contribution in [2.75, 3.05) is 40.3 Å². The number of nitrogens with zero attached hydrogens (tertiary/aromatic N) is 1. The Labute approximate surface area is 79.7 Å². The Hall–Kier alpha value is -0.610. The lowest BCUT2D eigenvalue weighted by molar-refractivity contribution is -0.122. The molecule has 0 aliphatic carbocycles. The highest BCUT2D eigenvalue weighted by Gasteiger charge is 2.19. The number of carbonyl (C=O) groups is 1. The lowest BCUT2D eigenvalue weighted by Crippen LogP contribution is -2.45. The molecule has 13 heavy (non-hydrogen) atoms. The molecule has 1 amide bonds. The molecule has 0 spiro atoms. The Morgan fingerprint density at radius 1 is 1.54 bits per heavy atom. The van der Waals surface area contributed by atoms with Crippen LogP contribution in [0.5, 0.6) is 0 Å². The fourth-order valence-electron chi connectivity index (χ4n) is 1.25. The molecule has 1 aliphatic heterocycles. The number of rotatable bonds is 5. The summed E-state index contributed by atoms with van der Waals surface area (Å²) in [6.45, 7) is 3.67. The van der Waals surface area contributed by atoms with E-state index < -0.39 is 0 Å². The highest BCUT2D eigenvalue weighted by atomic mass is 16.1. The predicted octanol–water partition coefficient (Wildman–Crippen LogP) is -0.726. The van der Waals surface area contributed by atoms with Crippen LogP contribution in [0, 0.1) is 5.92 Å². The molecule has 0 atom stereocenters. The third-order valence-electron chi connectivity index (χ3n) is 2.22. The first-order valence-electron chi connectivity index (χ1n) is 4.80. The molecule has 1 heterocycles. The van der Waals surface area contributed by atoms with Crippen molar-refractivity contribution < 1.29 is 4.79 Å². The highest BCUT2D eigenvalue weighted by Crippen LogP contribution is 2.06. The van der Waals surface area contributed by atoms with Gasteiger partial charge in [-0.25, -0.2) is 0 Å². The van der Waals surface area contributed by atoms with Crippen molar-refractivity contribution in [1.29, 1.82) is 0 Å². The maximum Gasteiger partial charge on any atom is 0.220 e. The van der Waals surface area contributed by atoms with Crippen molar-refractivity contribution in [3.63, 3.8) is 0 Å². The van der Waals surface area contributed by atoms with Crippen LogP contribution in [0.2, 0.25) is 0 Å². The normalized spacial score (nSPS) is 17.2. The van der Waals surface area contributed by atoms with Gasteiger partial charge in [0.25, 0.3) is 0 Å². The Kier molecular flexibility index (Phi) is 4.18. The molecule has 2 N–H and O–H groups in total. The minimum Gasteiger partial charge on any atom is -0.355 e. The second kappa shape index (κ2) is 5.19. The molecule has 1 aliphatic rings. The van der Waals surface area contributed by atoms with E-state index in [0.717, 1.165) is 26.2 Å². The van der Waals surface area contributed by atoms with Crippen LogP contribution in [0.4, 0.5) is 0 Å². The SMILES string of the molecule is CN(C)CCNC(=O)CC1CNC1. The zero-order chi connectivity index (χ0) is 9.68. The van der Waals surface area contributed by atoms with E-state index in [1.165, 1.54) is 0 Å². The van der Waals surface area contributed by atoms with E-state index in [4.69, 9.17) is 0 Å². The van der Waals surface area contributed by atoms with Crippen molar-refractivity contribution in [3.8, 4) is 0 Å². The minimum atomic E-state index is 0.188. The molecule has 0 radical (unpaired) electrons. The number of hydrogen-bond donors (Lipinski definition) is 2. The van der Waals surface area contributed by atoms with E-state index >= 15 is 0 Å². The van der Waals surface area contributed by atoms with Gasteiger partial charge in [0.05, 0.1) is 0 Å². The predicted molar refractivity (Wildman–Crippen MR) is 52.5 cm³/mol. The fourth-order valence-corrected chi connectivity index (χ4v) is 1.25. The summed E-state index contributed by atoms with van der Waals surface area (Å²) in [5.74, 6) is 0.757. The zero-order valence-corrected chi connectivity index (χ0v) is 8.47. The third kappa shape index (κ3) is 4.24. The average molecular weight is 185 g/mol. The maximum atomic E-state index is 11.3. The van der Waals surface area contributed by atoms with E-state index in [0.29, 0.717) is 12.3 Å². The van der Waals surface area contributed by atoms with Gasteiger partial charge in [0, 0.05) is 19.5 Å². The summed E-state index contributed by atoms with van der Waals surface area (Å²) < 4.78 is 0. The van der Waals surface area contributed by atoms with Crippen LogP contribution >= 0.6 is 0 Å². The van der Waals surface area contributed by atoms with E-state index in [9.17, 15) is 4.79 Å². The monoisotopic (exact) mass is 185 g/mol. The number of nitrogens with one attached hydrogen (secondary N) is 2. The first kappa shape index (κ1) is 10.5. The quantitative estimate of drug-likeness (QED) is 0.594. The largest absolute Gasteiger partial charge is 0.355 e. The lowest BCUT2D eigenvalue weighted by atomic mass is 9.99. The van der Waals surface area contributed by atoms with Crippen molar-refractivity contribution in [1.82, 2.24) is 15.5 Å². The molecule has 1 saturated heterocycles. The molecule has 0 bridgehead atoms. The topological polar surface area (TPSA) is 44.4 Å². The lowest BCUT2D eigenvalue weighted by Gasteiger charge is -2.26. The molecule has 4 nitrogen and oxygen atoms in total. The molecule has 0 unspecified atom stereocenters. The highest BCUT2D eigenvalue weighted by molar-refractivity contribution is 5.76. The Morgan fingerprint density at radius 2 is 2.23 bits per heavy atom. The molecule has 0 aromatic carbocycles. The van der Waals surface area contributed by atoms with Gasteiger partial charge in [-0.2, -0.15) is 0 Å². The first-order chi connectivity index (χ1) is 6.18. The summed E-state index contributed by atoms with van der Waals surface area (Å²) in [4.78, 5) is 13.3. The number of hydrogen-bond acceptors (Lipinski definition) is 3. The van der Waals surface area contributed by atoms with Crippen LogP contribution in [0.15, 0.2) is 0 Å². The van der Waals surface area contributed by atoms with Gasteiger partial charge in [0.2, 0.25) is 5.91 Å². The van der Waals surface area contributed by atoms with Crippen LogP contribution < -0.4 is 10.6 Å². The third-order valence-corrected chi connectivity index (χ3v) is 2.22. The van der Waals surface area contributed by atoms with E-state index in [-0.39, 0.29) is 5.91 Å². The molecule has 1 rings (SSSR count). The Morgan fingerprint density at radius 3 is 2.69 bits per heavy atom. The average Bonchev–Trinajstić information content (AvgIpc) is 1.96. The molecule has 0 saturated carbocycles. The number of likely N-dealkylation sites (N-methyl/N-ethyl adjacent to an activating group) is 1. The van der Waals surface area contributed by atoms with Gasteiger partial charge in [-0.05, 0) is 33.1 Å². The van der Waals surface area contributed by atoms with Crippen LogP contribution in [0.25, 0.3) is 0 Å². The van der Waals surface area contributed by atoms with Gasteiger partial charge in [0.1, 0.15) is 0 Å². The molecule has 4 heteroatoms. The van der Waals surface area contributed by atoms with E-state index in [2.05, 4.69) is 15.5 Å². The molecule has 0 aromatic heterocycles. The van der Waals surface area contributed by atoms with Gasteiger partial charge < -0.3 is 15.5 Å². The number of carbonyl (C=O) groups excluding carboxylic acids is 1. The summed E-state index contributed by atoms with van der Waals surface area (Å²) in [5, 5.41) is 6.06. The fraction of sp³-hybridized carbons (Fsp3) is 0.889. The van der Waals surface area contributed by atoms with Crippen molar-refractivity contribution >= 4 is 5.91 Å². The van der Waals surface area contributed by atoms with Crippen LogP contribution in [-0.2, 0) is 4.79 Å². The van der Waals surface area contributed by atoms with Gasteiger partial charge in [0.15, 0.2) is 0 Å². The Bertz CT molecular complexity index is 166. The van der Waals surface area contributed by atoms with E-state index in [1.807, 2.05) is 14.1 Å². The summed E-state index contributed by atoms with van der Waals surface area (Å²) >= 11 is 0. The van der Waals surface area contributed by atoms with Gasteiger partial charge in [-0.1, -0.05) is 0 Å². The van der Waals surface area contributed by atoms with E-state index in [1.54, 1.807) is 0 Å². The summed E-state index contributed by atoms with van der Waals surface area (Å²) in [6, 6.07) is 0. The maximum absolute atomic E-state index is 11.3. The van der Waals surface area contributed by atoms with Gasteiger partial charge in [-0.15, -0.1) is 0 Å². The summed E-state index contributed by atoms with van der Waals surface area (Å²) in [6.07, 6.45) is 0.681. The van der Waals surface area contributed by atoms with Crippen molar-refractivity contribution in [2.24, 2.45) is 5.92 Å². The van der Waals surface area contributed by atoms with Gasteiger partial charge in [-0.3, -0.25) is 4.79 Å². The zero-order valence-electron chi connectivity index (χ0n) is 8.47. The first-order valence-corrected chi connectivity index (χ1v) is 4.80. The van der Waals surface area contributed by atoms with Crippen LogP contribution in [-0.4, -0.2) is 51.1 Å². The molecule has 0 aromatic rings. The standard InChI is InChI=1S/C9H19N3O/c1-12(2)4-3-11-9(13)5-8-6-10-7-8/h8,10H,3-7H2,1-2H3,(H,11,13). The van der Waals surface area contributed by atoms with Crippen LogP contribution in [0.3, 0.4) is 0 Å². The molecular formula is C9H19N3O. The molecule has 1 fully saturated rings. The van der Waals surface area contributed by atoms with Crippen LogP contribution in [0.1, 0.15) is 6.42 Å². The van der Waals surface area contributed by atoms with Gasteiger partial charge >= 0.3 is 0 Å². The number of amides is 1. The second-order valence-corrected chi connectivity index (χ2v) is 3.88. The summed E-state index contributed by atoms with van der Waals surface area (Å²) in [5.41, 5.74) is 0. The Balaban J connectivity index is 1.97. The smallest absolute Gasteiger partial charge is 0.220 e. The van der Waals surface area contributed by atoms with Crippen molar-refractivity contribution in [2.45, 2.75) is 6.42 Å².